The molecule has 2 aliphatic rings. The number of anilines is 1. The summed E-state index contributed by atoms with van der Waals surface area (Å²) in [6.45, 7) is 2.81. The van der Waals surface area contributed by atoms with Gasteiger partial charge in [0.15, 0.2) is 6.30 Å². The number of carbonyl (C=O) groups excluding carboxylic acids is 2. The van der Waals surface area contributed by atoms with E-state index in [4.69, 9.17) is 4.74 Å². The summed E-state index contributed by atoms with van der Waals surface area (Å²) < 4.78 is 35.3. The summed E-state index contributed by atoms with van der Waals surface area (Å²) in [5.41, 5.74) is 1.68. The lowest BCUT2D eigenvalue weighted by Gasteiger charge is -2.22. The minimum Gasteiger partial charge on any atom is -0.442 e. The van der Waals surface area contributed by atoms with Crippen molar-refractivity contribution in [3.05, 3.63) is 65.5 Å². The second-order valence-corrected chi connectivity index (χ2v) is 7.98. The van der Waals surface area contributed by atoms with Crippen LogP contribution < -0.4 is 10.2 Å². The maximum absolute atomic E-state index is 15.1. The molecule has 6 nitrogen and oxygen atoms in total. The Morgan fingerprint density at radius 3 is 2.71 bits per heavy atom. The van der Waals surface area contributed by atoms with Crippen LogP contribution in [-0.4, -0.2) is 48.9 Å². The van der Waals surface area contributed by atoms with E-state index in [-0.39, 0.29) is 19.0 Å². The average Bonchev–Trinajstić information content (AvgIpc) is 3.30. The van der Waals surface area contributed by atoms with Gasteiger partial charge in [-0.15, -0.1) is 0 Å². The van der Waals surface area contributed by atoms with Crippen molar-refractivity contribution in [1.82, 2.24) is 10.2 Å². The van der Waals surface area contributed by atoms with Crippen LogP contribution in [0, 0.1) is 5.82 Å². The second kappa shape index (κ2) is 9.01. The number of hydrogen-bond donors (Lipinski definition) is 1. The summed E-state index contributed by atoms with van der Waals surface area (Å²) in [4.78, 5) is 26.2. The second-order valence-electron chi connectivity index (χ2n) is 7.98. The zero-order chi connectivity index (χ0) is 22.0. The number of hydrogen-bond acceptors (Lipinski definition) is 4. The number of ether oxygens (including phenoxy) is 1. The lowest BCUT2D eigenvalue weighted by molar-refractivity contribution is -0.119. The molecule has 0 aromatic heterocycles. The van der Waals surface area contributed by atoms with Crippen LogP contribution in [0.3, 0.4) is 0 Å². The maximum Gasteiger partial charge on any atom is 0.414 e. The van der Waals surface area contributed by atoms with E-state index in [0.29, 0.717) is 30.8 Å². The predicted molar refractivity (Wildman–Crippen MR) is 112 cm³/mol. The lowest BCUT2D eigenvalue weighted by atomic mass is 9.96. The van der Waals surface area contributed by atoms with Crippen molar-refractivity contribution in [3.8, 4) is 0 Å². The van der Waals surface area contributed by atoms with Gasteiger partial charge in [0.2, 0.25) is 5.91 Å². The van der Waals surface area contributed by atoms with E-state index in [1.165, 1.54) is 17.9 Å². The number of alkyl halides is 1. The van der Waals surface area contributed by atoms with Crippen LogP contribution in [0.15, 0.2) is 48.5 Å². The van der Waals surface area contributed by atoms with Crippen LogP contribution in [0.1, 0.15) is 30.4 Å². The Bertz CT molecular complexity index is 956. The Morgan fingerprint density at radius 2 is 2.00 bits per heavy atom. The van der Waals surface area contributed by atoms with Gasteiger partial charge in [0.05, 0.1) is 18.8 Å². The summed E-state index contributed by atoms with van der Waals surface area (Å²) in [5, 5.41) is 2.60. The number of cyclic esters (lactones) is 1. The molecule has 3 unspecified atom stereocenters. The highest BCUT2D eigenvalue weighted by atomic mass is 19.1. The average molecular weight is 429 g/mol. The number of nitrogens with one attached hydrogen (secondary N) is 1. The molecule has 2 fully saturated rings. The molecule has 164 valence electrons. The number of benzene rings is 2. The molecule has 4 rings (SSSR count). The predicted octanol–water partition coefficient (Wildman–Crippen LogP) is 3.57. The molecule has 0 radical (unpaired) electrons. The molecule has 0 aliphatic carbocycles. The van der Waals surface area contributed by atoms with Gasteiger partial charge in [-0.1, -0.05) is 36.4 Å². The normalized spacial score (nSPS) is 23.8. The van der Waals surface area contributed by atoms with Crippen molar-refractivity contribution in [3.63, 3.8) is 0 Å². The number of rotatable bonds is 6. The first kappa shape index (κ1) is 21.2. The highest BCUT2D eigenvalue weighted by Gasteiger charge is 2.37. The van der Waals surface area contributed by atoms with Crippen LogP contribution in [0.25, 0.3) is 0 Å². The third-order valence-electron chi connectivity index (χ3n) is 5.78. The summed E-state index contributed by atoms with van der Waals surface area (Å²) >= 11 is 0. The van der Waals surface area contributed by atoms with E-state index >= 15 is 4.39 Å². The van der Waals surface area contributed by atoms with E-state index in [0.717, 1.165) is 5.56 Å². The van der Waals surface area contributed by atoms with Crippen molar-refractivity contribution in [2.75, 3.05) is 24.5 Å². The molecule has 31 heavy (non-hydrogen) atoms. The first-order valence-corrected chi connectivity index (χ1v) is 10.4. The van der Waals surface area contributed by atoms with E-state index in [1.807, 2.05) is 30.3 Å². The fourth-order valence-electron chi connectivity index (χ4n) is 4.19. The molecule has 2 aliphatic heterocycles. The van der Waals surface area contributed by atoms with Gasteiger partial charge in [-0.05, 0) is 29.7 Å². The van der Waals surface area contributed by atoms with Gasteiger partial charge in [-0.2, -0.15) is 0 Å². The lowest BCUT2D eigenvalue weighted by Crippen LogP contribution is -2.33. The summed E-state index contributed by atoms with van der Waals surface area (Å²) in [6, 6.07) is 14.1. The van der Waals surface area contributed by atoms with Crippen molar-refractivity contribution in [2.45, 2.75) is 38.2 Å². The number of carbonyl (C=O) groups is 2. The van der Waals surface area contributed by atoms with Crippen LogP contribution in [-0.2, 0) is 16.1 Å². The molecule has 1 N–H and O–H groups in total. The Hall–Kier alpha value is -3.00. The van der Waals surface area contributed by atoms with Gasteiger partial charge in [0.1, 0.15) is 11.9 Å². The van der Waals surface area contributed by atoms with Gasteiger partial charge in [-0.25, -0.2) is 13.6 Å². The zero-order valence-corrected chi connectivity index (χ0v) is 17.3. The van der Waals surface area contributed by atoms with Crippen LogP contribution in [0.5, 0.6) is 0 Å². The zero-order valence-electron chi connectivity index (χ0n) is 17.3. The fourth-order valence-corrected chi connectivity index (χ4v) is 4.19. The highest BCUT2D eigenvalue weighted by molar-refractivity contribution is 5.89. The minimum atomic E-state index is -1.28. The molecular weight excluding hydrogens is 404 g/mol. The Morgan fingerprint density at radius 1 is 1.23 bits per heavy atom. The summed E-state index contributed by atoms with van der Waals surface area (Å²) in [5.74, 6) is -1.32. The third kappa shape index (κ3) is 4.69. The van der Waals surface area contributed by atoms with Gasteiger partial charge < -0.3 is 10.1 Å². The van der Waals surface area contributed by atoms with Gasteiger partial charge in [-0.3, -0.25) is 14.6 Å². The Balaban J connectivity index is 1.43. The first-order chi connectivity index (χ1) is 14.9. The number of likely N-dealkylation sites (tertiary alicyclic amines) is 1. The van der Waals surface area contributed by atoms with Crippen LogP contribution in [0.4, 0.5) is 19.3 Å². The number of nitrogens with zero attached hydrogens (tertiary/aromatic N) is 2. The molecule has 2 saturated heterocycles. The third-order valence-corrected chi connectivity index (χ3v) is 5.78. The molecule has 3 atom stereocenters. The van der Waals surface area contributed by atoms with Crippen LogP contribution >= 0.6 is 0 Å². The van der Waals surface area contributed by atoms with Crippen LogP contribution in [0.2, 0.25) is 0 Å². The number of halogens is 2. The van der Waals surface area contributed by atoms with Crippen molar-refractivity contribution in [2.24, 2.45) is 0 Å². The van der Waals surface area contributed by atoms with Gasteiger partial charge in [0.25, 0.3) is 0 Å². The first-order valence-electron chi connectivity index (χ1n) is 10.4. The topological polar surface area (TPSA) is 61.9 Å². The standard InChI is InChI=1S/C23H25F2N3O3/c1-15(29)26-12-18-14-28(23(30)31-18)17-7-8-19(21(24)11-17)20-9-10-27(22(20)25)13-16-5-3-2-4-6-16/h2-8,11,18,20,22H,9-10,12-14H2,1H3,(H,26,29). The molecule has 8 heteroatoms. The van der Waals surface area contributed by atoms with Gasteiger partial charge in [0, 0.05) is 25.9 Å². The molecule has 2 amide bonds. The van der Waals surface area contributed by atoms with E-state index < -0.39 is 30.2 Å². The smallest absolute Gasteiger partial charge is 0.414 e. The minimum absolute atomic E-state index is 0.195. The molecule has 2 aromatic rings. The largest absolute Gasteiger partial charge is 0.442 e. The van der Waals surface area contributed by atoms with Gasteiger partial charge >= 0.3 is 6.09 Å². The SMILES string of the molecule is CC(=O)NCC1CN(c2ccc(C3CCN(Cc4ccccc4)C3F)c(F)c2)C(=O)O1. The van der Waals surface area contributed by atoms with E-state index in [1.54, 1.807) is 17.0 Å². The van der Waals surface area contributed by atoms with Crippen molar-refractivity contribution >= 4 is 17.7 Å². The Kier molecular flexibility index (Phi) is 6.18. The van der Waals surface area contributed by atoms with E-state index in [2.05, 4.69) is 5.32 Å². The summed E-state index contributed by atoms with van der Waals surface area (Å²) in [6.07, 6.45) is -1.86. The molecule has 0 saturated carbocycles. The summed E-state index contributed by atoms with van der Waals surface area (Å²) in [7, 11) is 0. The molecule has 2 heterocycles. The maximum atomic E-state index is 15.1. The monoisotopic (exact) mass is 429 g/mol. The fraction of sp³-hybridized carbons (Fsp3) is 0.391. The van der Waals surface area contributed by atoms with Crippen molar-refractivity contribution in [1.29, 1.82) is 0 Å². The van der Waals surface area contributed by atoms with Crippen molar-refractivity contribution < 1.29 is 23.1 Å². The molecule has 0 bridgehead atoms. The quantitative estimate of drug-likeness (QED) is 0.714. The molecule has 0 spiro atoms. The highest BCUT2D eigenvalue weighted by Crippen LogP contribution is 2.37. The molecule has 2 aromatic carbocycles. The van der Waals surface area contributed by atoms with E-state index in [9.17, 15) is 14.0 Å². The molecular formula is C23H25F2N3O3. The Labute approximate surface area is 179 Å². The number of amides is 2.